The van der Waals surface area contributed by atoms with E-state index in [0.717, 1.165) is 61.7 Å². The maximum atomic E-state index is 11.1. The molecule has 0 bridgehead atoms. The predicted octanol–water partition coefficient (Wildman–Crippen LogP) is 15.9. The van der Waals surface area contributed by atoms with Gasteiger partial charge in [-0.25, -0.2) is 4.98 Å². The van der Waals surface area contributed by atoms with Crippen LogP contribution in [0.3, 0.4) is 0 Å². The summed E-state index contributed by atoms with van der Waals surface area (Å²) in [5.41, 5.74) is 17.8. The van der Waals surface area contributed by atoms with Gasteiger partial charge in [-0.15, -0.1) is 0 Å². The van der Waals surface area contributed by atoms with Gasteiger partial charge in [0.1, 0.15) is 5.75 Å². The first-order valence-electron chi connectivity index (χ1n) is 22.1. The van der Waals surface area contributed by atoms with E-state index in [0.29, 0.717) is 5.56 Å². The fourth-order valence-corrected chi connectivity index (χ4v) is 8.83. The number of rotatable bonds is 7. The Hall–Kier alpha value is -7.56. The second-order valence-corrected chi connectivity index (χ2v) is 19.0. The van der Waals surface area contributed by atoms with E-state index in [2.05, 4.69) is 210 Å². The van der Waals surface area contributed by atoms with Crippen molar-refractivity contribution in [3.8, 4) is 78.6 Å². The number of fused-ring (bicyclic) bond motifs is 3. The predicted molar refractivity (Wildman–Crippen MR) is 268 cm³/mol. The summed E-state index contributed by atoms with van der Waals surface area (Å²) in [5.74, 6) is 0.201. The van der Waals surface area contributed by atoms with E-state index >= 15 is 0 Å². The molecule has 0 aliphatic rings. The molecule has 0 unspecified atom stereocenters. The van der Waals surface area contributed by atoms with Crippen LogP contribution in [0, 0.1) is 0 Å². The average Bonchev–Trinajstić information content (AvgIpc) is 3.65. The average molecular weight is 830 g/mol. The van der Waals surface area contributed by atoms with E-state index in [4.69, 9.17) is 9.97 Å². The number of aromatic hydroxyl groups is 1. The van der Waals surface area contributed by atoms with Gasteiger partial charge in [-0.3, -0.25) is 4.98 Å². The van der Waals surface area contributed by atoms with Gasteiger partial charge >= 0.3 is 0 Å². The summed E-state index contributed by atoms with van der Waals surface area (Å²) in [6.45, 7) is 13.6. The molecule has 0 atom stereocenters. The van der Waals surface area contributed by atoms with E-state index in [1.807, 2.05) is 24.4 Å². The first-order chi connectivity index (χ1) is 30.9. The van der Waals surface area contributed by atoms with Crippen molar-refractivity contribution in [1.82, 2.24) is 14.5 Å². The zero-order valence-electron chi connectivity index (χ0n) is 37.3. The maximum absolute atomic E-state index is 11.1. The second-order valence-electron chi connectivity index (χ2n) is 19.0. The van der Waals surface area contributed by atoms with Crippen molar-refractivity contribution in [3.63, 3.8) is 0 Å². The normalized spacial score (nSPS) is 12.0. The third-order valence-corrected chi connectivity index (χ3v) is 12.4. The first kappa shape index (κ1) is 40.5. The van der Waals surface area contributed by atoms with Gasteiger partial charge in [-0.05, 0) is 128 Å². The molecule has 3 aromatic heterocycles. The molecule has 4 nitrogen and oxygen atoms in total. The summed E-state index contributed by atoms with van der Waals surface area (Å²) < 4.78 is 2.38. The summed E-state index contributed by atoms with van der Waals surface area (Å²) in [6, 6.07) is 66.3. The molecule has 0 aliphatic heterocycles. The van der Waals surface area contributed by atoms with Gasteiger partial charge in [0.25, 0.3) is 0 Å². The third kappa shape index (κ3) is 7.77. The Bertz CT molecular complexity index is 3330. The number of para-hydroxylation sites is 2. The highest BCUT2D eigenvalue weighted by Gasteiger charge is 2.22. The summed E-state index contributed by atoms with van der Waals surface area (Å²) in [7, 11) is 0. The number of hydrogen-bond donors (Lipinski definition) is 1. The lowest BCUT2D eigenvalue weighted by Crippen LogP contribution is -2.16. The summed E-state index contributed by atoms with van der Waals surface area (Å²) in [5, 5.41) is 13.5. The third-order valence-electron chi connectivity index (χ3n) is 12.4. The smallest absolute Gasteiger partial charge is 0.124 e. The van der Waals surface area contributed by atoms with Gasteiger partial charge in [-0.1, -0.05) is 157 Å². The Morgan fingerprint density at radius 3 is 1.73 bits per heavy atom. The van der Waals surface area contributed by atoms with Crippen molar-refractivity contribution in [2.75, 3.05) is 0 Å². The number of pyridine rings is 2. The molecule has 64 heavy (non-hydrogen) atoms. The zero-order valence-corrected chi connectivity index (χ0v) is 37.3. The Kier molecular flexibility index (Phi) is 10.1. The Morgan fingerprint density at radius 2 is 0.969 bits per heavy atom. The van der Waals surface area contributed by atoms with Gasteiger partial charge in [0.05, 0.1) is 28.1 Å². The van der Waals surface area contributed by atoms with Crippen molar-refractivity contribution in [2.24, 2.45) is 0 Å². The highest BCUT2D eigenvalue weighted by atomic mass is 16.3. The molecule has 4 heteroatoms. The molecule has 0 fully saturated rings. The van der Waals surface area contributed by atoms with Crippen LogP contribution in [0.4, 0.5) is 0 Å². The van der Waals surface area contributed by atoms with Crippen LogP contribution in [0.1, 0.15) is 52.7 Å². The summed E-state index contributed by atoms with van der Waals surface area (Å²) in [4.78, 5) is 10.1. The molecule has 0 amide bonds. The molecule has 0 aliphatic carbocycles. The van der Waals surface area contributed by atoms with Crippen LogP contribution in [0.2, 0.25) is 0 Å². The number of aromatic nitrogens is 3. The molecule has 0 saturated carbocycles. The molecule has 10 rings (SSSR count). The largest absolute Gasteiger partial charge is 0.507 e. The lowest BCUT2D eigenvalue weighted by Gasteiger charge is -2.26. The van der Waals surface area contributed by atoms with E-state index < -0.39 is 0 Å². The van der Waals surface area contributed by atoms with Gasteiger partial charge < -0.3 is 9.67 Å². The van der Waals surface area contributed by atoms with Crippen LogP contribution in [0.15, 0.2) is 194 Å². The van der Waals surface area contributed by atoms with Gasteiger partial charge in [0, 0.05) is 39.3 Å². The van der Waals surface area contributed by atoms with Crippen LogP contribution in [0.25, 0.3) is 94.6 Å². The standard InChI is InChI=1S/C60H51N3O/c1-59(2,3)47-31-45(32-48(38-47)60(4,5)6)46-36-54(62-55(37-46)51-23-11-13-25-58(51)64)44-20-14-19-43(30-44)53-35-42(28-29-61-53)41-26-27-57-52(34-41)50-22-10-12-24-56(50)63(57)49-21-15-18-40(33-49)39-16-8-7-9-17-39/h7-38,64H,1-6H3. The van der Waals surface area contributed by atoms with Crippen LogP contribution in [-0.4, -0.2) is 19.6 Å². The molecule has 0 saturated heterocycles. The number of phenols is 1. The van der Waals surface area contributed by atoms with Crippen molar-refractivity contribution >= 4 is 21.8 Å². The molecule has 0 radical (unpaired) electrons. The second kappa shape index (κ2) is 16.0. The molecule has 312 valence electrons. The van der Waals surface area contributed by atoms with Gasteiger partial charge in [-0.2, -0.15) is 0 Å². The van der Waals surface area contributed by atoms with E-state index in [-0.39, 0.29) is 16.6 Å². The molecule has 7 aromatic carbocycles. The molecule has 10 aromatic rings. The fourth-order valence-electron chi connectivity index (χ4n) is 8.83. The Labute approximate surface area is 376 Å². The minimum Gasteiger partial charge on any atom is -0.507 e. The van der Waals surface area contributed by atoms with Crippen molar-refractivity contribution in [3.05, 3.63) is 205 Å². The minimum atomic E-state index is -0.0394. The lowest BCUT2D eigenvalue weighted by atomic mass is 9.79. The quantitative estimate of drug-likeness (QED) is 0.174. The summed E-state index contributed by atoms with van der Waals surface area (Å²) in [6.07, 6.45) is 1.91. The number of hydrogen-bond acceptors (Lipinski definition) is 3. The van der Waals surface area contributed by atoms with E-state index in [9.17, 15) is 5.11 Å². The fraction of sp³-hybridized carbons (Fsp3) is 0.133. The first-order valence-corrected chi connectivity index (χ1v) is 22.1. The van der Waals surface area contributed by atoms with Crippen LogP contribution in [-0.2, 0) is 10.8 Å². The SMILES string of the molecule is CC(C)(C)c1cc(-c2cc(-c3cccc(-c4cc(-c5ccc6c(c5)c5ccccc5n6-c5cccc(-c6ccccc6)c5)ccn4)c3)nc(-c3ccccc3O)c2)cc(C(C)(C)C)c1. The number of nitrogens with zero attached hydrogens (tertiary/aromatic N) is 3. The van der Waals surface area contributed by atoms with Crippen molar-refractivity contribution < 1.29 is 5.11 Å². The van der Waals surface area contributed by atoms with Crippen LogP contribution >= 0.6 is 0 Å². The Morgan fingerprint density at radius 1 is 0.391 bits per heavy atom. The van der Waals surface area contributed by atoms with Crippen LogP contribution in [0.5, 0.6) is 5.75 Å². The number of phenolic OH excluding ortho intramolecular Hbond substituents is 1. The molecule has 0 spiro atoms. The van der Waals surface area contributed by atoms with Crippen LogP contribution < -0.4 is 0 Å². The van der Waals surface area contributed by atoms with E-state index in [1.165, 1.54) is 38.5 Å². The Balaban J connectivity index is 1.05. The molecular weight excluding hydrogens is 779 g/mol. The van der Waals surface area contributed by atoms with Crippen molar-refractivity contribution in [2.45, 2.75) is 52.4 Å². The van der Waals surface area contributed by atoms with Crippen molar-refractivity contribution in [1.29, 1.82) is 0 Å². The van der Waals surface area contributed by atoms with Gasteiger partial charge in [0.15, 0.2) is 0 Å². The lowest BCUT2D eigenvalue weighted by molar-refractivity contribution is 0.477. The highest BCUT2D eigenvalue weighted by molar-refractivity contribution is 6.10. The van der Waals surface area contributed by atoms with E-state index in [1.54, 1.807) is 6.07 Å². The van der Waals surface area contributed by atoms with Gasteiger partial charge in [0.2, 0.25) is 0 Å². The number of benzene rings is 7. The monoisotopic (exact) mass is 829 g/mol. The highest BCUT2D eigenvalue weighted by Crippen LogP contribution is 2.40. The summed E-state index contributed by atoms with van der Waals surface area (Å²) >= 11 is 0. The minimum absolute atomic E-state index is 0.0394. The molecule has 3 heterocycles. The zero-order chi connectivity index (χ0) is 44.2. The molecule has 1 N–H and O–H groups in total. The topological polar surface area (TPSA) is 50.9 Å². The molecular formula is C60H51N3O. The maximum Gasteiger partial charge on any atom is 0.124 e.